The predicted octanol–water partition coefficient (Wildman–Crippen LogP) is 4.78. The molecule has 170 valence electrons. The van der Waals surface area contributed by atoms with E-state index in [-0.39, 0.29) is 24.2 Å². The smallest absolute Gasteiger partial charge is 0.226 e. The van der Waals surface area contributed by atoms with Crippen molar-refractivity contribution in [2.45, 2.75) is 39.3 Å². The largest absolute Gasteiger partial charge is 0.494 e. The summed E-state index contributed by atoms with van der Waals surface area (Å²) in [5, 5.41) is 4.94. The molecule has 1 amide bonds. The molecule has 1 N–H and O–H groups in total. The van der Waals surface area contributed by atoms with Crippen LogP contribution in [0.25, 0.3) is 16.2 Å². The highest BCUT2D eigenvalue weighted by Crippen LogP contribution is 2.35. The molecule has 4 aromatic rings. The van der Waals surface area contributed by atoms with E-state index in [1.165, 1.54) is 23.5 Å². The third-order valence-corrected chi connectivity index (χ3v) is 6.51. The Morgan fingerprint density at radius 3 is 2.94 bits per heavy atom. The van der Waals surface area contributed by atoms with Gasteiger partial charge in [-0.15, -0.1) is 11.3 Å². The van der Waals surface area contributed by atoms with E-state index in [1.54, 1.807) is 12.1 Å². The van der Waals surface area contributed by atoms with Crippen LogP contribution >= 0.6 is 11.3 Å². The van der Waals surface area contributed by atoms with Crippen LogP contribution in [-0.4, -0.2) is 28.0 Å². The molecule has 8 heteroatoms. The van der Waals surface area contributed by atoms with Crippen LogP contribution in [0.15, 0.2) is 48.0 Å². The summed E-state index contributed by atoms with van der Waals surface area (Å²) in [6.45, 7) is 4.90. The minimum Gasteiger partial charge on any atom is -0.494 e. The number of carbonyl (C=O) groups is 1. The first-order valence-corrected chi connectivity index (χ1v) is 11.8. The molecule has 0 bridgehead atoms. The first kappa shape index (κ1) is 21.5. The van der Waals surface area contributed by atoms with Crippen molar-refractivity contribution in [1.82, 2.24) is 14.7 Å². The third-order valence-electron chi connectivity index (χ3n) is 5.62. The van der Waals surface area contributed by atoms with Crippen LogP contribution in [0.1, 0.15) is 30.7 Å². The minimum atomic E-state index is -0.283. The molecule has 1 atom stereocenters. The summed E-state index contributed by atoms with van der Waals surface area (Å²) in [4.78, 5) is 18.1. The zero-order valence-corrected chi connectivity index (χ0v) is 19.2. The standard InChI is InChI=1S/C25H24FN3O3S/c1-3-31-22-9-17-8-15(2)32-23(17)10-18(22)12-27-24(30)11-20-14-33-25-28-21(13-29(20)25)16-4-6-19(26)7-5-16/h4-7,9-10,13-15H,3,8,11-12H2,1-2H3,(H,27,30). The number of fused-ring (bicyclic) bond motifs is 2. The number of hydrogen-bond acceptors (Lipinski definition) is 5. The summed E-state index contributed by atoms with van der Waals surface area (Å²) in [6, 6.07) is 10.2. The molecule has 0 fully saturated rings. The average molecular weight is 466 g/mol. The van der Waals surface area contributed by atoms with Crippen molar-refractivity contribution in [3.8, 4) is 22.8 Å². The Kier molecular flexibility index (Phi) is 5.76. The second kappa shape index (κ2) is 8.86. The monoisotopic (exact) mass is 465 g/mol. The molecule has 0 spiro atoms. The molecular weight excluding hydrogens is 441 g/mol. The lowest BCUT2D eigenvalue weighted by Gasteiger charge is -2.13. The number of imidazole rings is 1. The average Bonchev–Trinajstić information content (AvgIpc) is 3.47. The van der Waals surface area contributed by atoms with Crippen molar-refractivity contribution in [2.75, 3.05) is 6.61 Å². The number of amides is 1. The molecule has 0 saturated heterocycles. The van der Waals surface area contributed by atoms with Gasteiger partial charge in [-0.2, -0.15) is 0 Å². The molecule has 1 aliphatic heterocycles. The maximum Gasteiger partial charge on any atom is 0.226 e. The van der Waals surface area contributed by atoms with Crippen molar-refractivity contribution in [3.63, 3.8) is 0 Å². The van der Waals surface area contributed by atoms with Crippen molar-refractivity contribution in [3.05, 3.63) is 70.6 Å². The lowest BCUT2D eigenvalue weighted by molar-refractivity contribution is -0.120. The number of hydrogen-bond donors (Lipinski definition) is 1. The summed E-state index contributed by atoms with van der Waals surface area (Å²) in [7, 11) is 0. The molecule has 1 aliphatic rings. The van der Waals surface area contributed by atoms with Crippen LogP contribution in [0.4, 0.5) is 4.39 Å². The number of halogens is 1. The van der Waals surface area contributed by atoms with E-state index in [0.29, 0.717) is 13.2 Å². The molecule has 3 heterocycles. The normalized spacial score (nSPS) is 14.8. The zero-order chi connectivity index (χ0) is 22.9. The van der Waals surface area contributed by atoms with Gasteiger partial charge in [-0.3, -0.25) is 9.20 Å². The first-order valence-electron chi connectivity index (χ1n) is 10.9. The van der Waals surface area contributed by atoms with Crippen molar-refractivity contribution in [2.24, 2.45) is 0 Å². The Hall–Kier alpha value is -3.39. The lowest BCUT2D eigenvalue weighted by Crippen LogP contribution is -2.25. The first-order chi connectivity index (χ1) is 16.0. The van der Waals surface area contributed by atoms with E-state index in [2.05, 4.69) is 10.3 Å². The number of ether oxygens (including phenoxy) is 2. The van der Waals surface area contributed by atoms with Crippen LogP contribution in [0.2, 0.25) is 0 Å². The summed E-state index contributed by atoms with van der Waals surface area (Å²) in [6.07, 6.45) is 3.12. The van der Waals surface area contributed by atoms with Gasteiger partial charge in [-0.1, -0.05) is 0 Å². The Balaban J connectivity index is 1.29. The Labute approximate surface area is 195 Å². The van der Waals surface area contributed by atoms with E-state index in [0.717, 1.165) is 51.0 Å². The lowest BCUT2D eigenvalue weighted by atomic mass is 10.1. The molecule has 0 saturated carbocycles. The van der Waals surface area contributed by atoms with Gasteiger partial charge in [0, 0.05) is 46.9 Å². The predicted molar refractivity (Wildman–Crippen MR) is 125 cm³/mol. The van der Waals surface area contributed by atoms with E-state index in [1.807, 2.05) is 42.0 Å². The van der Waals surface area contributed by atoms with Crippen LogP contribution in [0, 0.1) is 5.82 Å². The SMILES string of the molecule is CCOc1cc2c(cc1CNC(=O)Cc1csc3nc(-c4ccc(F)cc4)cn13)OC(C)C2. The fourth-order valence-corrected chi connectivity index (χ4v) is 4.92. The highest BCUT2D eigenvalue weighted by Gasteiger charge is 2.22. The van der Waals surface area contributed by atoms with E-state index in [4.69, 9.17) is 9.47 Å². The molecule has 6 nitrogen and oxygen atoms in total. The number of benzene rings is 2. The molecule has 2 aromatic heterocycles. The van der Waals surface area contributed by atoms with Gasteiger partial charge >= 0.3 is 0 Å². The van der Waals surface area contributed by atoms with Gasteiger partial charge in [0.2, 0.25) is 5.91 Å². The summed E-state index contributed by atoms with van der Waals surface area (Å²) in [5.41, 5.74) is 4.47. The molecule has 2 aromatic carbocycles. The Morgan fingerprint density at radius 2 is 2.15 bits per heavy atom. The fourth-order valence-electron chi connectivity index (χ4n) is 4.05. The molecule has 0 radical (unpaired) electrons. The fraction of sp³-hybridized carbons (Fsp3) is 0.280. The highest BCUT2D eigenvalue weighted by atomic mass is 32.1. The summed E-state index contributed by atoms with van der Waals surface area (Å²) < 4.78 is 26.8. The van der Waals surface area contributed by atoms with Crippen molar-refractivity contribution < 1.29 is 18.7 Å². The maximum absolute atomic E-state index is 13.2. The zero-order valence-electron chi connectivity index (χ0n) is 18.4. The Bertz CT molecular complexity index is 1310. The number of rotatable bonds is 7. The van der Waals surface area contributed by atoms with E-state index >= 15 is 0 Å². The van der Waals surface area contributed by atoms with Crippen LogP contribution in [-0.2, 0) is 24.2 Å². The molecule has 1 unspecified atom stereocenters. The second-order valence-corrected chi connectivity index (χ2v) is 8.94. The van der Waals surface area contributed by atoms with Gasteiger partial charge in [0.25, 0.3) is 0 Å². The van der Waals surface area contributed by atoms with Gasteiger partial charge in [0.1, 0.15) is 23.4 Å². The van der Waals surface area contributed by atoms with Crippen LogP contribution in [0.3, 0.4) is 0 Å². The molecule has 33 heavy (non-hydrogen) atoms. The van der Waals surface area contributed by atoms with Crippen molar-refractivity contribution in [1.29, 1.82) is 0 Å². The molecule has 5 rings (SSSR count). The van der Waals surface area contributed by atoms with Gasteiger partial charge in [-0.05, 0) is 50.2 Å². The van der Waals surface area contributed by atoms with Gasteiger partial charge in [0.05, 0.1) is 18.7 Å². The third kappa shape index (κ3) is 4.43. The van der Waals surface area contributed by atoms with Gasteiger partial charge in [-0.25, -0.2) is 9.37 Å². The van der Waals surface area contributed by atoms with Gasteiger partial charge in [0.15, 0.2) is 4.96 Å². The molecule has 0 aliphatic carbocycles. The van der Waals surface area contributed by atoms with Crippen LogP contribution in [0.5, 0.6) is 11.5 Å². The number of carbonyl (C=O) groups excluding carboxylic acids is 1. The topological polar surface area (TPSA) is 64.9 Å². The Morgan fingerprint density at radius 1 is 1.33 bits per heavy atom. The number of nitrogens with zero attached hydrogens (tertiary/aromatic N) is 2. The molecular formula is C25H24FN3O3S. The summed E-state index contributed by atoms with van der Waals surface area (Å²) >= 11 is 1.47. The van der Waals surface area contributed by atoms with E-state index in [9.17, 15) is 9.18 Å². The summed E-state index contributed by atoms with van der Waals surface area (Å²) in [5.74, 6) is 1.27. The highest BCUT2D eigenvalue weighted by molar-refractivity contribution is 7.15. The quantitative estimate of drug-likeness (QED) is 0.427. The van der Waals surface area contributed by atoms with Crippen LogP contribution < -0.4 is 14.8 Å². The van der Waals surface area contributed by atoms with Crippen molar-refractivity contribution >= 4 is 22.2 Å². The number of aromatic nitrogens is 2. The number of thiazole rings is 1. The number of nitrogens with one attached hydrogen (secondary N) is 1. The maximum atomic E-state index is 13.2. The van der Waals surface area contributed by atoms with Gasteiger partial charge < -0.3 is 14.8 Å². The second-order valence-electron chi connectivity index (χ2n) is 8.10. The van der Waals surface area contributed by atoms with E-state index < -0.39 is 0 Å². The minimum absolute atomic E-state index is 0.0936.